The number of rotatable bonds is 4. The van der Waals surface area contributed by atoms with Crippen LogP contribution in [0.15, 0.2) is 78.9 Å². The van der Waals surface area contributed by atoms with Crippen molar-refractivity contribution in [1.82, 2.24) is 9.97 Å². The molecular formula is C29H23ClN2O3. The second kappa shape index (κ2) is 8.38. The predicted molar refractivity (Wildman–Crippen MR) is 138 cm³/mol. The Hall–Kier alpha value is -3.38. The standard InChI is InChI=1S/C29H23ClN2O3/c30-23-15-25-24(31-29(32-25)35-27-16-34-26-11-12-33-28(26)27)14-22(23)19-8-5-18(6-9-19)21-10-7-17-3-1-2-4-20(17)13-21/h1-10,13-15,26-28H,11-12,16H2,(H,31,32). The normalized spacial score (nSPS) is 21.6. The first kappa shape index (κ1) is 20.9. The van der Waals surface area contributed by atoms with Crippen LogP contribution in [-0.4, -0.2) is 41.5 Å². The van der Waals surface area contributed by atoms with Crippen molar-refractivity contribution in [3.8, 4) is 28.3 Å². The molecule has 3 atom stereocenters. The maximum Gasteiger partial charge on any atom is 0.295 e. The molecule has 3 heterocycles. The van der Waals surface area contributed by atoms with Crippen molar-refractivity contribution in [2.45, 2.75) is 24.7 Å². The number of nitrogens with one attached hydrogen (secondary N) is 1. The van der Waals surface area contributed by atoms with Crippen LogP contribution in [0, 0.1) is 0 Å². The van der Waals surface area contributed by atoms with Crippen LogP contribution >= 0.6 is 11.6 Å². The van der Waals surface area contributed by atoms with Crippen LogP contribution in [0.4, 0.5) is 0 Å². The average Bonchev–Trinajstić information content (AvgIpc) is 3.60. The first-order valence-corrected chi connectivity index (χ1v) is 12.3. The first-order valence-electron chi connectivity index (χ1n) is 11.9. The highest BCUT2D eigenvalue weighted by Crippen LogP contribution is 2.35. The van der Waals surface area contributed by atoms with E-state index in [4.69, 9.17) is 25.8 Å². The SMILES string of the molecule is Clc1cc2[nH]c(OC3COC4CCOC43)nc2cc1-c1ccc(-c2ccc3ccccc3c2)cc1. The van der Waals surface area contributed by atoms with Gasteiger partial charge in [-0.3, -0.25) is 0 Å². The number of aromatic amines is 1. The minimum Gasteiger partial charge on any atom is -0.456 e. The number of ether oxygens (including phenoxy) is 3. The van der Waals surface area contributed by atoms with E-state index in [-0.39, 0.29) is 18.3 Å². The van der Waals surface area contributed by atoms with Crippen molar-refractivity contribution in [3.63, 3.8) is 0 Å². The molecule has 2 aliphatic rings. The average molecular weight is 483 g/mol. The molecule has 0 spiro atoms. The number of hydrogen-bond acceptors (Lipinski definition) is 4. The Balaban J connectivity index is 1.16. The fourth-order valence-electron chi connectivity index (χ4n) is 5.17. The zero-order chi connectivity index (χ0) is 23.4. The molecular weight excluding hydrogens is 460 g/mol. The lowest BCUT2D eigenvalue weighted by Gasteiger charge is -2.15. The summed E-state index contributed by atoms with van der Waals surface area (Å²) in [7, 11) is 0. The Morgan fingerprint density at radius 2 is 1.66 bits per heavy atom. The molecule has 35 heavy (non-hydrogen) atoms. The summed E-state index contributed by atoms with van der Waals surface area (Å²) >= 11 is 6.68. The van der Waals surface area contributed by atoms with Crippen molar-refractivity contribution in [2.75, 3.05) is 13.2 Å². The number of fused-ring (bicyclic) bond motifs is 3. The first-order chi connectivity index (χ1) is 17.2. The van der Waals surface area contributed by atoms with E-state index in [1.807, 2.05) is 12.1 Å². The summed E-state index contributed by atoms with van der Waals surface area (Å²) in [6, 6.07) is 27.8. The monoisotopic (exact) mass is 482 g/mol. The van der Waals surface area contributed by atoms with Gasteiger partial charge in [-0.2, -0.15) is 4.98 Å². The fourth-order valence-corrected chi connectivity index (χ4v) is 5.44. The Morgan fingerprint density at radius 1 is 0.857 bits per heavy atom. The lowest BCUT2D eigenvalue weighted by Crippen LogP contribution is -2.32. The Kier molecular flexibility index (Phi) is 5.02. The highest BCUT2D eigenvalue weighted by atomic mass is 35.5. The largest absolute Gasteiger partial charge is 0.456 e. The number of aromatic nitrogens is 2. The molecule has 0 aliphatic carbocycles. The number of nitrogens with zero attached hydrogens (tertiary/aromatic N) is 1. The Labute approximate surface area is 207 Å². The van der Waals surface area contributed by atoms with Crippen LogP contribution in [-0.2, 0) is 9.47 Å². The van der Waals surface area contributed by atoms with Gasteiger partial charge in [-0.25, -0.2) is 0 Å². The minimum absolute atomic E-state index is 0.0246. The van der Waals surface area contributed by atoms with E-state index in [2.05, 4.69) is 76.7 Å². The molecule has 1 aromatic heterocycles. The van der Waals surface area contributed by atoms with E-state index in [9.17, 15) is 0 Å². The van der Waals surface area contributed by atoms with E-state index >= 15 is 0 Å². The fraction of sp³-hybridized carbons (Fsp3) is 0.207. The number of H-pyrrole nitrogens is 1. The number of benzene rings is 4. The highest BCUT2D eigenvalue weighted by Gasteiger charge is 2.43. The summed E-state index contributed by atoms with van der Waals surface area (Å²) < 4.78 is 17.7. The van der Waals surface area contributed by atoms with Crippen molar-refractivity contribution in [1.29, 1.82) is 0 Å². The molecule has 3 unspecified atom stereocenters. The third kappa shape index (κ3) is 3.76. The van der Waals surface area contributed by atoms with Gasteiger partial charge in [0.15, 0.2) is 6.10 Å². The lowest BCUT2D eigenvalue weighted by molar-refractivity contribution is 0.0273. The van der Waals surface area contributed by atoms with Crippen LogP contribution in [0.2, 0.25) is 5.02 Å². The third-order valence-corrected chi connectivity index (χ3v) is 7.32. The second-order valence-electron chi connectivity index (χ2n) is 9.18. The molecule has 0 radical (unpaired) electrons. The van der Waals surface area contributed by atoms with E-state index in [1.54, 1.807) is 0 Å². The van der Waals surface area contributed by atoms with Gasteiger partial charge in [-0.05, 0) is 52.1 Å². The predicted octanol–water partition coefficient (Wildman–Crippen LogP) is 6.64. The van der Waals surface area contributed by atoms with Gasteiger partial charge in [0.05, 0.1) is 28.8 Å². The van der Waals surface area contributed by atoms with Gasteiger partial charge in [0.1, 0.15) is 6.10 Å². The van der Waals surface area contributed by atoms with E-state index < -0.39 is 0 Å². The van der Waals surface area contributed by atoms with Crippen molar-refractivity contribution in [2.24, 2.45) is 0 Å². The zero-order valence-electron chi connectivity index (χ0n) is 18.9. The van der Waals surface area contributed by atoms with Gasteiger partial charge in [-0.15, -0.1) is 0 Å². The summed E-state index contributed by atoms with van der Waals surface area (Å²) in [5, 5.41) is 3.14. The summed E-state index contributed by atoms with van der Waals surface area (Å²) in [5.41, 5.74) is 5.97. The zero-order valence-corrected chi connectivity index (χ0v) is 19.7. The van der Waals surface area contributed by atoms with Crippen molar-refractivity contribution >= 4 is 33.4 Å². The van der Waals surface area contributed by atoms with E-state index in [0.29, 0.717) is 24.2 Å². The smallest absolute Gasteiger partial charge is 0.295 e. The van der Waals surface area contributed by atoms with Crippen LogP contribution in [0.25, 0.3) is 44.1 Å². The molecule has 4 aromatic carbocycles. The van der Waals surface area contributed by atoms with Gasteiger partial charge in [0.2, 0.25) is 0 Å². The summed E-state index contributed by atoms with van der Waals surface area (Å²) in [4.78, 5) is 7.90. The number of imidazole rings is 1. The minimum atomic E-state index is -0.152. The Bertz CT molecular complexity index is 1550. The summed E-state index contributed by atoms with van der Waals surface area (Å²) in [5.74, 6) is 0. The molecule has 5 nitrogen and oxygen atoms in total. The van der Waals surface area contributed by atoms with Gasteiger partial charge >= 0.3 is 0 Å². The molecule has 0 bridgehead atoms. The number of hydrogen-bond donors (Lipinski definition) is 1. The van der Waals surface area contributed by atoms with Gasteiger partial charge in [0, 0.05) is 12.2 Å². The van der Waals surface area contributed by atoms with Crippen LogP contribution < -0.4 is 4.74 Å². The maximum atomic E-state index is 6.68. The topological polar surface area (TPSA) is 56.4 Å². The second-order valence-corrected chi connectivity index (χ2v) is 9.59. The Morgan fingerprint density at radius 3 is 2.54 bits per heavy atom. The van der Waals surface area contributed by atoms with E-state index in [0.717, 1.165) is 28.6 Å². The van der Waals surface area contributed by atoms with E-state index in [1.165, 1.54) is 21.9 Å². The molecule has 2 aliphatic heterocycles. The molecule has 0 saturated carbocycles. The van der Waals surface area contributed by atoms with Gasteiger partial charge < -0.3 is 19.2 Å². The van der Waals surface area contributed by atoms with Gasteiger partial charge in [0.25, 0.3) is 6.01 Å². The van der Waals surface area contributed by atoms with Crippen LogP contribution in [0.1, 0.15) is 6.42 Å². The molecule has 2 saturated heterocycles. The van der Waals surface area contributed by atoms with Crippen LogP contribution in [0.5, 0.6) is 6.01 Å². The molecule has 6 heteroatoms. The number of halogens is 1. The molecule has 2 fully saturated rings. The summed E-state index contributed by atoms with van der Waals surface area (Å²) in [6.45, 7) is 1.23. The van der Waals surface area contributed by atoms with Crippen molar-refractivity contribution < 1.29 is 14.2 Å². The lowest BCUT2D eigenvalue weighted by atomic mass is 9.98. The molecule has 5 aromatic rings. The maximum absolute atomic E-state index is 6.68. The highest BCUT2D eigenvalue weighted by molar-refractivity contribution is 6.34. The molecule has 1 N–H and O–H groups in total. The molecule has 174 valence electrons. The van der Waals surface area contributed by atoms with Gasteiger partial charge in [-0.1, -0.05) is 72.3 Å². The van der Waals surface area contributed by atoms with Crippen LogP contribution in [0.3, 0.4) is 0 Å². The summed E-state index contributed by atoms with van der Waals surface area (Å²) in [6.07, 6.45) is 0.871. The molecule has 0 amide bonds. The quantitative estimate of drug-likeness (QED) is 0.312. The third-order valence-electron chi connectivity index (χ3n) is 7.01. The van der Waals surface area contributed by atoms with Crippen molar-refractivity contribution in [3.05, 3.63) is 83.9 Å². The molecule has 7 rings (SSSR count).